The summed E-state index contributed by atoms with van der Waals surface area (Å²) in [6.45, 7) is 0. The van der Waals surface area contributed by atoms with E-state index in [9.17, 15) is 32.3 Å². The SMILES string of the molecule is CNC(=O)C(NC(=O)c1ccc(F)cc1C(F)(F)F)C(O)/C(Cl)=C\c1ccccc1. The Kier molecular flexibility index (Phi) is 7.58. The monoisotopic (exact) mass is 444 g/mol. The number of carbonyl (C=O) groups is 2. The van der Waals surface area contributed by atoms with Crippen LogP contribution in [-0.2, 0) is 11.0 Å². The maximum atomic E-state index is 13.3. The number of aliphatic hydroxyl groups is 1. The van der Waals surface area contributed by atoms with Gasteiger partial charge in [-0.15, -0.1) is 0 Å². The lowest BCUT2D eigenvalue weighted by molar-refractivity contribution is -0.138. The minimum absolute atomic E-state index is 0.169. The molecular formula is C20H17ClF4N2O3. The predicted octanol–water partition coefficient (Wildman–Crippen LogP) is 3.33. The van der Waals surface area contributed by atoms with Gasteiger partial charge in [0.1, 0.15) is 18.0 Å². The topological polar surface area (TPSA) is 78.4 Å². The Morgan fingerprint density at radius 3 is 2.33 bits per heavy atom. The summed E-state index contributed by atoms with van der Waals surface area (Å²) in [6.07, 6.45) is -5.43. The molecule has 2 aromatic rings. The molecule has 0 fully saturated rings. The first-order chi connectivity index (χ1) is 14.0. The minimum atomic E-state index is -5.01. The Bertz CT molecular complexity index is 949. The van der Waals surface area contributed by atoms with Crippen molar-refractivity contribution in [1.29, 1.82) is 0 Å². The lowest BCUT2D eigenvalue weighted by atomic mass is 10.0. The van der Waals surface area contributed by atoms with E-state index < -0.39 is 47.1 Å². The molecule has 0 radical (unpaired) electrons. The molecule has 10 heteroatoms. The van der Waals surface area contributed by atoms with E-state index >= 15 is 0 Å². The minimum Gasteiger partial charge on any atom is -0.385 e. The van der Waals surface area contributed by atoms with Crippen molar-refractivity contribution < 1.29 is 32.3 Å². The highest BCUT2D eigenvalue weighted by Crippen LogP contribution is 2.32. The summed E-state index contributed by atoms with van der Waals surface area (Å²) in [5, 5.41) is 14.4. The maximum Gasteiger partial charge on any atom is 0.417 e. The molecule has 0 aliphatic carbocycles. The molecule has 0 aliphatic rings. The summed E-state index contributed by atoms with van der Waals surface area (Å²) in [6, 6.07) is 8.26. The molecule has 30 heavy (non-hydrogen) atoms. The zero-order chi connectivity index (χ0) is 22.5. The van der Waals surface area contributed by atoms with Crippen LogP contribution in [0.2, 0.25) is 0 Å². The lowest BCUT2D eigenvalue weighted by Gasteiger charge is -2.23. The molecule has 2 unspecified atom stereocenters. The summed E-state index contributed by atoms with van der Waals surface area (Å²) in [5.74, 6) is -3.42. The number of hydrogen-bond acceptors (Lipinski definition) is 3. The van der Waals surface area contributed by atoms with E-state index in [0.717, 1.165) is 0 Å². The lowest BCUT2D eigenvalue weighted by Crippen LogP contribution is -2.53. The van der Waals surface area contributed by atoms with Gasteiger partial charge in [0.15, 0.2) is 0 Å². The Morgan fingerprint density at radius 2 is 1.77 bits per heavy atom. The van der Waals surface area contributed by atoms with Crippen LogP contribution in [0.4, 0.5) is 17.6 Å². The fourth-order valence-electron chi connectivity index (χ4n) is 2.56. The van der Waals surface area contributed by atoms with E-state index in [1.165, 1.54) is 13.1 Å². The molecule has 2 aromatic carbocycles. The summed E-state index contributed by atoms with van der Waals surface area (Å²) in [7, 11) is 1.21. The zero-order valence-electron chi connectivity index (χ0n) is 15.5. The molecule has 0 bridgehead atoms. The number of nitrogens with one attached hydrogen (secondary N) is 2. The van der Waals surface area contributed by atoms with Gasteiger partial charge >= 0.3 is 6.18 Å². The van der Waals surface area contributed by atoms with Crippen molar-refractivity contribution >= 4 is 29.5 Å². The average molecular weight is 445 g/mol. The molecular weight excluding hydrogens is 428 g/mol. The molecule has 5 nitrogen and oxygen atoms in total. The molecule has 2 atom stereocenters. The van der Waals surface area contributed by atoms with Crippen LogP contribution in [-0.4, -0.2) is 36.1 Å². The summed E-state index contributed by atoms with van der Waals surface area (Å²) in [4.78, 5) is 24.6. The second-order valence-electron chi connectivity index (χ2n) is 6.14. The maximum absolute atomic E-state index is 13.3. The largest absolute Gasteiger partial charge is 0.417 e. The molecule has 0 saturated heterocycles. The van der Waals surface area contributed by atoms with Crippen LogP contribution >= 0.6 is 11.6 Å². The van der Waals surface area contributed by atoms with Gasteiger partial charge in [-0.25, -0.2) is 4.39 Å². The van der Waals surface area contributed by atoms with E-state index in [2.05, 4.69) is 5.32 Å². The van der Waals surface area contributed by atoms with Crippen LogP contribution in [0.15, 0.2) is 53.6 Å². The van der Waals surface area contributed by atoms with Crippen LogP contribution in [0.5, 0.6) is 0 Å². The van der Waals surface area contributed by atoms with Crippen LogP contribution in [0.25, 0.3) is 6.08 Å². The van der Waals surface area contributed by atoms with Gasteiger partial charge in [-0.3, -0.25) is 9.59 Å². The molecule has 0 heterocycles. The van der Waals surface area contributed by atoms with Crippen molar-refractivity contribution in [3.05, 3.63) is 76.1 Å². The third-order valence-electron chi connectivity index (χ3n) is 4.05. The Hall–Kier alpha value is -2.91. The Morgan fingerprint density at radius 1 is 1.13 bits per heavy atom. The number of halogens is 5. The van der Waals surface area contributed by atoms with Gasteiger partial charge < -0.3 is 15.7 Å². The molecule has 0 aromatic heterocycles. The van der Waals surface area contributed by atoms with Crippen molar-refractivity contribution in [2.75, 3.05) is 7.05 Å². The molecule has 160 valence electrons. The number of rotatable bonds is 6. The van der Waals surface area contributed by atoms with Crippen LogP contribution in [0.3, 0.4) is 0 Å². The number of carbonyl (C=O) groups excluding carboxylic acids is 2. The van der Waals surface area contributed by atoms with Crippen LogP contribution in [0, 0.1) is 5.82 Å². The van der Waals surface area contributed by atoms with E-state index in [1.807, 2.05) is 5.32 Å². The highest BCUT2D eigenvalue weighted by molar-refractivity contribution is 6.32. The van der Waals surface area contributed by atoms with Gasteiger partial charge in [-0.2, -0.15) is 13.2 Å². The third-order valence-corrected chi connectivity index (χ3v) is 4.38. The van der Waals surface area contributed by atoms with Crippen LogP contribution in [0.1, 0.15) is 21.5 Å². The normalized spacial score (nSPS) is 14.0. The van der Waals surface area contributed by atoms with Gasteiger partial charge in [0.05, 0.1) is 11.1 Å². The van der Waals surface area contributed by atoms with Gasteiger partial charge in [0.2, 0.25) is 5.91 Å². The van der Waals surface area contributed by atoms with E-state index in [0.29, 0.717) is 17.7 Å². The molecule has 0 spiro atoms. The second kappa shape index (κ2) is 9.73. The number of alkyl halides is 3. The Balaban J connectivity index is 2.35. The Labute approximate surface area is 174 Å². The fraction of sp³-hybridized carbons (Fsp3) is 0.200. The quantitative estimate of drug-likeness (QED) is 0.598. The highest BCUT2D eigenvalue weighted by atomic mass is 35.5. The molecule has 0 saturated carbocycles. The predicted molar refractivity (Wildman–Crippen MR) is 103 cm³/mol. The average Bonchev–Trinajstić information content (AvgIpc) is 2.70. The number of aliphatic hydroxyl groups excluding tert-OH is 1. The highest BCUT2D eigenvalue weighted by Gasteiger charge is 2.37. The van der Waals surface area contributed by atoms with E-state index in [1.54, 1.807) is 30.3 Å². The first-order valence-corrected chi connectivity index (χ1v) is 8.91. The standard InChI is InChI=1S/C20H17ClF4N2O3/c1-26-19(30)16(17(28)15(21)9-11-5-3-2-4-6-11)27-18(29)13-8-7-12(22)10-14(13)20(23,24)25/h2-10,16-17,28H,1H3,(H,26,30)(H,27,29)/b15-9+. The van der Waals surface area contributed by atoms with E-state index in [-0.39, 0.29) is 11.1 Å². The van der Waals surface area contributed by atoms with E-state index in [4.69, 9.17) is 11.6 Å². The zero-order valence-corrected chi connectivity index (χ0v) is 16.3. The number of benzene rings is 2. The van der Waals surface area contributed by atoms with Gasteiger partial charge in [0.25, 0.3) is 5.91 Å². The fourth-order valence-corrected chi connectivity index (χ4v) is 2.82. The molecule has 3 N–H and O–H groups in total. The summed E-state index contributed by atoms with van der Waals surface area (Å²) >= 11 is 6.07. The molecule has 0 aliphatic heterocycles. The number of hydrogen-bond donors (Lipinski definition) is 3. The van der Waals surface area contributed by atoms with Crippen molar-refractivity contribution in [1.82, 2.24) is 10.6 Å². The van der Waals surface area contributed by atoms with Crippen molar-refractivity contribution in [3.63, 3.8) is 0 Å². The number of likely N-dealkylation sites (N-methyl/N-ethyl adjacent to an activating group) is 1. The smallest absolute Gasteiger partial charge is 0.385 e. The van der Waals surface area contributed by atoms with Gasteiger partial charge in [0, 0.05) is 12.1 Å². The first kappa shape index (κ1) is 23.4. The summed E-state index contributed by atoms with van der Waals surface area (Å²) < 4.78 is 52.8. The van der Waals surface area contributed by atoms with Gasteiger partial charge in [-0.05, 0) is 29.8 Å². The molecule has 2 amide bonds. The third kappa shape index (κ3) is 5.80. The van der Waals surface area contributed by atoms with Crippen molar-refractivity contribution in [2.45, 2.75) is 18.3 Å². The van der Waals surface area contributed by atoms with Crippen molar-refractivity contribution in [3.8, 4) is 0 Å². The number of amides is 2. The van der Waals surface area contributed by atoms with Gasteiger partial charge in [-0.1, -0.05) is 41.9 Å². The summed E-state index contributed by atoms with van der Waals surface area (Å²) in [5.41, 5.74) is -1.84. The van der Waals surface area contributed by atoms with Crippen molar-refractivity contribution in [2.24, 2.45) is 0 Å². The van der Waals surface area contributed by atoms with Crippen LogP contribution < -0.4 is 10.6 Å². The second-order valence-corrected chi connectivity index (χ2v) is 6.57. The molecule has 2 rings (SSSR count). The first-order valence-electron chi connectivity index (χ1n) is 8.54.